The summed E-state index contributed by atoms with van der Waals surface area (Å²) in [6.45, 7) is 2.87. The van der Waals surface area contributed by atoms with Gasteiger partial charge in [0.25, 0.3) is 0 Å². The molecule has 8 heteroatoms. The summed E-state index contributed by atoms with van der Waals surface area (Å²) >= 11 is 0. The van der Waals surface area contributed by atoms with E-state index in [9.17, 15) is 4.79 Å². The highest BCUT2D eigenvalue weighted by atomic mass is 16.5. The molecule has 0 N–H and O–H groups in total. The van der Waals surface area contributed by atoms with E-state index in [4.69, 9.17) is 13.9 Å². The van der Waals surface area contributed by atoms with Crippen molar-refractivity contribution in [1.82, 2.24) is 19.4 Å². The van der Waals surface area contributed by atoms with Gasteiger partial charge in [-0.15, -0.1) is 0 Å². The van der Waals surface area contributed by atoms with Gasteiger partial charge < -0.3 is 18.5 Å². The average Bonchev–Trinajstić information content (AvgIpc) is 3.48. The molecule has 38 heavy (non-hydrogen) atoms. The number of fused-ring (bicyclic) bond motifs is 1. The van der Waals surface area contributed by atoms with Crippen LogP contribution in [0, 0.1) is 0 Å². The third kappa shape index (κ3) is 5.76. The first-order chi connectivity index (χ1) is 18.6. The van der Waals surface area contributed by atoms with Crippen molar-refractivity contribution in [1.29, 1.82) is 0 Å². The molecule has 5 aromatic rings. The number of aromatic nitrogens is 3. The van der Waals surface area contributed by atoms with Crippen molar-refractivity contribution < 1.29 is 13.9 Å². The van der Waals surface area contributed by atoms with Gasteiger partial charge in [-0.2, -0.15) is 0 Å². The van der Waals surface area contributed by atoms with Crippen molar-refractivity contribution >= 4 is 11.0 Å². The molecular weight excluding hydrogens is 480 g/mol. The van der Waals surface area contributed by atoms with E-state index in [1.165, 1.54) is 0 Å². The van der Waals surface area contributed by atoms with Crippen LogP contribution in [-0.2, 0) is 19.6 Å². The maximum atomic E-state index is 13.5. The minimum absolute atomic E-state index is 0.0144. The molecule has 3 aromatic heterocycles. The van der Waals surface area contributed by atoms with E-state index in [0.29, 0.717) is 41.1 Å². The predicted molar refractivity (Wildman–Crippen MR) is 146 cm³/mol. The van der Waals surface area contributed by atoms with Gasteiger partial charge in [0.1, 0.15) is 5.58 Å². The Morgan fingerprint density at radius 3 is 2.45 bits per heavy atom. The zero-order chi connectivity index (χ0) is 26.3. The highest BCUT2D eigenvalue weighted by Gasteiger charge is 2.14. The van der Waals surface area contributed by atoms with Crippen molar-refractivity contribution in [2.75, 3.05) is 20.8 Å². The fraction of sp³-hybridized carbons (Fsp3) is 0.233. The maximum absolute atomic E-state index is 13.5. The van der Waals surface area contributed by atoms with Crippen LogP contribution in [0.1, 0.15) is 17.5 Å². The number of ether oxygens (including phenoxy) is 2. The van der Waals surface area contributed by atoms with Gasteiger partial charge in [-0.05, 0) is 59.5 Å². The summed E-state index contributed by atoms with van der Waals surface area (Å²) in [6.07, 6.45) is 11.7. The molecule has 194 valence electrons. The molecule has 0 aliphatic rings. The van der Waals surface area contributed by atoms with Gasteiger partial charge in [-0.1, -0.05) is 12.1 Å². The minimum Gasteiger partial charge on any atom is -0.493 e. The van der Waals surface area contributed by atoms with Gasteiger partial charge in [0.2, 0.25) is 0 Å². The Labute approximate surface area is 221 Å². The zero-order valence-electron chi connectivity index (χ0n) is 21.5. The summed E-state index contributed by atoms with van der Waals surface area (Å²) in [5, 5.41) is 0.564. The molecule has 0 saturated carbocycles. The number of benzene rings is 2. The molecule has 0 atom stereocenters. The molecule has 0 unspecified atom stereocenters. The van der Waals surface area contributed by atoms with Gasteiger partial charge in [0.15, 0.2) is 16.9 Å². The van der Waals surface area contributed by atoms with Crippen molar-refractivity contribution in [3.8, 4) is 22.6 Å². The number of pyridine rings is 1. The highest BCUT2D eigenvalue weighted by molar-refractivity contribution is 5.83. The first-order valence-corrected chi connectivity index (χ1v) is 12.5. The molecule has 0 saturated heterocycles. The normalized spacial score (nSPS) is 11.2. The Hall–Kier alpha value is -4.43. The molecular formula is C30H30N4O4. The number of hydrogen-bond donors (Lipinski definition) is 0. The topological polar surface area (TPSA) is 82.6 Å². The van der Waals surface area contributed by atoms with Crippen LogP contribution in [-0.4, -0.2) is 40.2 Å². The Balaban J connectivity index is 1.38. The summed E-state index contributed by atoms with van der Waals surface area (Å²) in [5.41, 5.74) is 4.18. The van der Waals surface area contributed by atoms with Gasteiger partial charge >= 0.3 is 0 Å². The van der Waals surface area contributed by atoms with Gasteiger partial charge in [0.05, 0.1) is 32.2 Å². The molecule has 2 aromatic carbocycles. The van der Waals surface area contributed by atoms with Gasteiger partial charge in [-0.3, -0.25) is 14.7 Å². The second-order valence-corrected chi connectivity index (χ2v) is 9.09. The third-order valence-corrected chi connectivity index (χ3v) is 6.56. The summed E-state index contributed by atoms with van der Waals surface area (Å²) in [5.74, 6) is 1.30. The molecule has 0 amide bonds. The highest BCUT2D eigenvalue weighted by Crippen LogP contribution is 2.33. The van der Waals surface area contributed by atoms with Crippen molar-refractivity contribution in [3.05, 3.63) is 107 Å². The van der Waals surface area contributed by atoms with Gasteiger partial charge in [0, 0.05) is 56.5 Å². The van der Waals surface area contributed by atoms with Crippen LogP contribution in [0.25, 0.3) is 22.1 Å². The number of methoxy groups -OCH3 is 2. The van der Waals surface area contributed by atoms with E-state index < -0.39 is 0 Å². The predicted octanol–water partition coefficient (Wildman–Crippen LogP) is 5.16. The Kier molecular flexibility index (Phi) is 7.80. The SMILES string of the molecule is COc1ccc(-c2ccc3c(=O)c(CN(CCCn4ccnc4)Cc4ccncc4)coc3c2)cc1OC. The quantitative estimate of drug-likeness (QED) is 0.243. The minimum atomic E-state index is -0.0144. The second-order valence-electron chi connectivity index (χ2n) is 9.09. The van der Waals surface area contributed by atoms with Gasteiger partial charge in [-0.25, -0.2) is 4.98 Å². The number of imidazole rings is 1. The summed E-state index contributed by atoms with van der Waals surface area (Å²) in [7, 11) is 3.22. The van der Waals surface area contributed by atoms with E-state index in [0.717, 1.165) is 36.2 Å². The monoisotopic (exact) mass is 510 g/mol. The average molecular weight is 511 g/mol. The molecule has 5 rings (SSSR count). The van der Waals surface area contributed by atoms with Crippen LogP contribution in [0.4, 0.5) is 0 Å². The fourth-order valence-corrected chi connectivity index (χ4v) is 4.57. The van der Waals surface area contributed by atoms with E-state index in [2.05, 4.69) is 19.4 Å². The number of hydrogen-bond acceptors (Lipinski definition) is 7. The largest absolute Gasteiger partial charge is 0.493 e. The van der Waals surface area contributed by atoms with Crippen molar-refractivity contribution in [3.63, 3.8) is 0 Å². The molecule has 0 spiro atoms. The lowest BCUT2D eigenvalue weighted by Gasteiger charge is -2.22. The van der Waals surface area contributed by atoms with Crippen LogP contribution in [0.5, 0.6) is 11.5 Å². The van der Waals surface area contributed by atoms with E-state index >= 15 is 0 Å². The first kappa shape index (κ1) is 25.2. The Bertz CT molecular complexity index is 1550. The zero-order valence-corrected chi connectivity index (χ0v) is 21.5. The van der Waals surface area contributed by atoms with E-state index in [1.807, 2.05) is 61.1 Å². The molecule has 0 fully saturated rings. The van der Waals surface area contributed by atoms with E-state index in [-0.39, 0.29) is 5.43 Å². The standard InChI is InChI=1S/C30H30N4O4/c1-36-27-7-5-24(17-29(27)37-2)23-4-6-26-28(16-23)38-20-25(30(26)35)19-34(18-22-8-10-31-11-9-22)14-3-13-33-15-12-32-21-33/h4-12,15-17,20-21H,3,13-14,18-19H2,1-2H3. The number of rotatable bonds is 11. The lowest BCUT2D eigenvalue weighted by Crippen LogP contribution is -2.27. The molecule has 8 nitrogen and oxygen atoms in total. The lowest BCUT2D eigenvalue weighted by molar-refractivity contribution is 0.246. The fourth-order valence-electron chi connectivity index (χ4n) is 4.57. The molecule has 0 aliphatic heterocycles. The van der Waals surface area contributed by atoms with Crippen LogP contribution in [0.2, 0.25) is 0 Å². The number of aryl methyl sites for hydroxylation is 1. The van der Waals surface area contributed by atoms with Crippen LogP contribution < -0.4 is 14.9 Å². The summed E-state index contributed by atoms with van der Waals surface area (Å²) < 4.78 is 18.8. The third-order valence-electron chi connectivity index (χ3n) is 6.56. The van der Waals surface area contributed by atoms with Crippen LogP contribution in [0.15, 0.2) is 95.1 Å². The molecule has 0 aliphatic carbocycles. The lowest BCUT2D eigenvalue weighted by atomic mass is 10.0. The summed E-state index contributed by atoms with van der Waals surface area (Å²) in [6, 6.07) is 15.4. The molecule has 0 bridgehead atoms. The maximum Gasteiger partial charge on any atom is 0.197 e. The smallest absolute Gasteiger partial charge is 0.197 e. The van der Waals surface area contributed by atoms with E-state index in [1.54, 1.807) is 39.1 Å². The summed E-state index contributed by atoms with van der Waals surface area (Å²) in [4.78, 5) is 24.0. The van der Waals surface area contributed by atoms with Crippen LogP contribution in [0.3, 0.4) is 0 Å². The Morgan fingerprint density at radius 2 is 1.68 bits per heavy atom. The van der Waals surface area contributed by atoms with Crippen molar-refractivity contribution in [2.45, 2.75) is 26.1 Å². The first-order valence-electron chi connectivity index (χ1n) is 12.5. The molecule has 0 radical (unpaired) electrons. The Morgan fingerprint density at radius 1 is 0.895 bits per heavy atom. The number of nitrogens with zero attached hydrogens (tertiary/aromatic N) is 4. The second kappa shape index (κ2) is 11.7. The van der Waals surface area contributed by atoms with Crippen LogP contribution >= 0.6 is 0 Å². The molecule has 3 heterocycles. The van der Waals surface area contributed by atoms with Crippen molar-refractivity contribution in [2.24, 2.45) is 0 Å².